The first-order chi connectivity index (χ1) is 13.1. The molecule has 0 aliphatic rings. The smallest absolute Gasteiger partial charge is 0.254 e. The van der Waals surface area contributed by atoms with Gasteiger partial charge in [0.1, 0.15) is 12.3 Å². The third-order valence-corrected chi connectivity index (χ3v) is 3.95. The number of hydrogen-bond acceptors (Lipinski definition) is 5. The molecule has 0 saturated heterocycles. The Morgan fingerprint density at radius 3 is 2.63 bits per heavy atom. The molecule has 3 aromatic rings. The Morgan fingerprint density at radius 2 is 1.93 bits per heavy atom. The number of ether oxygens (including phenoxy) is 1. The zero-order valence-corrected chi connectivity index (χ0v) is 15.8. The molecule has 0 N–H and O–H groups in total. The van der Waals surface area contributed by atoms with Gasteiger partial charge in [-0.1, -0.05) is 41.6 Å². The van der Waals surface area contributed by atoms with Gasteiger partial charge in [0.25, 0.3) is 5.91 Å². The van der Waals surface area contributed by atoms with E-state index in [2.05, 4.69) is 10.1 Å². The first-order valence-corrected chi connectivity index (χ1v) is 9.00. The van der Waals surface area contributed by atoms with Crippen LogP contribution in [-0.2, 0) is 6.54 Å². The minimum atomic E-state index is -0.105. The normalized spacial score (nSPS) is 10.8. The Balaban J connectivity index is 1.74. The number of amides is 1. The van der Waals surface area contributed by atoms with Crippen molar-refractivity contribution < 1.29 is 14.1 Å². The molecule has 0 aliphatic carbocycles. The molecule has 1 aromatic heterocycles. The maximum absolute atomic E-state index is 12.9. The van der Waals surface area contributed by atoms with Crippen molar-refractivity contribution in [2.45, 2.75) is 33.4 Å². The van der Waals surface area contributed by atoms with Crippen molar-refractivity contribution in [2.75, 3.05) is 6.54 Å². The van der Waals surface area contributed by atoms with Crippen LogP contribution in [-0.4, -0.2) is 33.6 Å². The number of hydrogen-bond donors (Lipinski definition) is 0. The Labute approximate surface area is 158 Å². The molecule has 2 aromatic carbocycles. The highest BCUT2D eigenvalue weighted by atomic mass is 16.5. The lowest BCUT2D eigenvalue weighted by atomic mass is 10.2. The van der Waals surface area contributed by atoms with Crippen LogP contribution in [0.2, 0.25) is 0 Å². The third kappa shape index (κ3) is 4.73. The van der Waals surface area contributed by atoms with Crippen molar-refractivity contribution in [1.29, 1.82) is 0 Å². The summed E-state index contributed by atoms with van der Waals surface area (Å²) in [5.41, 5.74) is 1.44. The van der Waals surface area contributed by atoms with E-state index in [9.17, 15) is 4.79 Å². The lowest BCUT2D eigenvalue weighted by molar-refractivity contribution is 0.0734. The van der Waals surface area contributed by atoms with Crippen molar-refractivity contribution in [3.05, 3.63) is 66.1 Å². The van der Waals surface area contributed by atoms with E-state index in [0.29, 0.717) is 29.6 Å². The second kappa shape index (κ2) is 8.49. The molecule has 6 nitrogen and oxygen atoms in total. The van der Waals surface area contributed by atoms with Crippen LogP contribution in [0.5, 0.6) is 5.75 Å². The van der Waals surface area contributed by atoms with E-state index < -0.39 is 0 Å². The van der Waals surface area contributed by atoms with Crippen molar-refractivity contribution in [3.63, 3.8) is 0 Å². The molecule has 0 bridgehead atoms. The van der Waals surface area contributed by atoms with Gasteiger partial charge in [-0.15, -0.1) is 0 Å². The SMILES string of the molecule is CCN(Cc1nc(-c2ccccc2)no1)C(=O)c1cccc(OC(C)C)c1. The van der Waals surface area contributed by atoms with Crippen LogP contribution in [0.1, 0.15) is 37.0 Å². The zero-order chi connectivity index (χ0) is 19.2. The lowest BCUT2D eigenvalue weighted by Gasteiger charge is -2.19. The predicted molar refractivity (Wildman–Crippen MR) is 102 cm³/mol. The standard InChI is InChI=1S/C21H23N3O3/c1-4-24(21(25)17-11-8-12-18(13-17)26-15(2)3)14-19-22-20(23-27-19)16-9-6-5-7-10-16/h5-13,15H,4,14H2,1-3H3. The molecule has 3 rings (SSSR count). The minimum absolute atomic E-state index is 0.0485. The van der Waals surface area contributed by atoms with Gasteiger partial charge in [-0.05, 0) is 39.0 Å². The van der Waals surface area contributed by atoms with Crippen LogP contribution in [0.3, 0.4) is 0 Å². The van der Waals surface area contributed by atoms with E-state index in [1.165, 1.54) is 0 Å². The molecular weight excluding hydrogens is 342 g/mol. The number of nitrogens with zero attached hydrogens (tertiary/aromatic N) is 3. The first-order valence-electron chi connectivity index (χ1n) is 9.00. The summed E-state index contributed by atoms with van der Waals surface area (Å²) in [5.74, 6) is 1.49. The van der Waals surface area contributed by atoms with Gasteiger partial charge in [0.2, 0.25) is 11.7 Å². The summed E-state index contributed by atoms with van der Waals surface area (Å²) < 4.78 is 11.0. The Bertz CT molecular complexity index is 890. The highest BCUT2D eigenvalue weighted by Crippen LogP contribution is 2.19. The fourth-order valence-corrected chi connectivity index (χ4v) is 2.67. The van der Waals surface area contributed by atoms with Crippen molar-refractivity contribution in [2.24, 2.45) is 0 Å². The summed E-state index contributed by atoms with van der Waals surface area (Å²) in [6.45, 7) is 6.60. The van der Waals surface area contributed by atoms with Crippen molar-refractivity contribution >= 4 is 5.91 Å². The maximum Gasteiger partial charge on any atom is 0.254 e. The molecule has 6 heteroatoms. The number of aromatic nitrogens is 2. The monoisotopic (exact) mass is 365 g/mol. The molecule has 0 fully saturated rings. The van der Waals surface area contributed by atoms with E-state index >= 15 is 0 Å². The van der Waals surface area contributed by atoms with Crippen LogP contribution < -0.4 is 4.74 Å². The number of benzene rings is 2. The summed E-state index contributed by atoms with van der Waals surface area (Å²) in [7, 11) is 0. The summed E-state index contributed by atoms with van der Waals surface area (Å²) >= 11 is 0. The second-order valence-corrected chi connectivity index (χ2v) is 6.39. The predicted octanol–water partition coefficient (Wildman–Crippen LogP) is 4.19. The number of carbonyl (C=O) groups excluding carboxylic acids is 1. The molecule has 0 unspecified atom stereocenters. The molecule has 27 heavy (non-hydrogen) atoms. The lowest BCUT2D eigenvalue weighted by Crippen LogP contribution is -2.30. The van der Waals surface area contributed by atoms with E-state index in [4.69, 9.17) is 9.26 Å². The van der Waals surface area contributed by atoms with Crippen molar-refractivity contribution in [1.82, 2.24) is 15.0 Å². The van der Waals surface area contributed by atoms with E-state index in [1.807, 2.05) is 63.2 Å². The van der Waals surface area contributed by atoms with Crippen molar-refractivity contribution in [3.8, 4) is 17.1 Å². The average Bonchev–Trinajstić information content (AvgIpc) is 3.14. The van der Waals surface area contributed by atoms with E-state index in [0.717, 1.165) is 5.56 Å². The molecule has 1 amide bonds. The molecule has 140 valence electrons. The summed E-state index contributed by atoms with van der Waals surface area (Å²) in [6, 6.07) is 16.8. The Morgan fingerprint density at radius 1 is 1.15 bits per heavy atom. The highest BCUT2D eigenvalue weighted by molar-refractivity contribution is 5.94. The molecule has 0 spiro atoms. The number of rotatable bonds is 7. The topological polar surface area (TPSA) is 68.5 Å². The van der Waals surface area contributed by atoms with Gasteiger partial charge in [-0.25, -0.2) is 0 Å². The highest BCUT2D eigenvalue weighted by Gasteiger charge is 2.19. The molecule has 0 saturated carbocycles. The van der Waals surface area contributed by atoms with Gasteiger partial charge in [-0.2, -0.15) is 4.98 Å². The van der Waals surface area contributed by atoms with Crippen LogP contribution >= 0.6 is 0 Å². The maximum atomic E-state index is 12.9. The van der Waals surface area contributed by atoms with E-state index in [-0.39, 0.29) is 18.6 Å². The quantitative estimate of drug-likeness (QED) is 0.628. The summed E-state index contributed by atoms with van der Waals surface area (Å²) in [4.78, 5) is 18.9. The van der Waals surface area contributed by atoms with E-state index in [1.54, 1.807) is 17.0 Å². The minimum Gasteiger partial charge on any atom is -0.491 e. The average molecular weight is 365 g/mol. The first kappa shape index (κ1) is 18.6. The second-order valence-electron chi connectivity index (χ2n) is 6.39. The molecule has 1 heterocycles. The fourth-order valence-electron chi connectivity index (χ4n) is 2.67. The molecular formula is C21H23N3O3. The van der Waals surface area contributed by atoms with Crippen LogP contribution in [0, 0.1) is 0 Å². The largest absolute Gasteiger partial charge is 0.491 e. The van der Waals surface area contributed by atoms with Gasteiger partial charge < -0.3 is 14.2 Å². The third-order valence-electron chi connectivity index (χ3n) is 3.95. The zero-order valence-electron chi connectivity index (χ0n) is 15.8. The van der Waals surface area contributed by atoms with Gasteiger partial charge in [0, 0.05) is 17.7 Å². The van der Waals surface area contributed by atoms with Gasteiger partial charge in [0.15, 0.2) is 0 Å². The van der Waals surface area contributed by atoms with Gasteiger partial charge in [0.05, 0.1) is 6.10 Å². The molecule has 0 aliphatic heterocycles. The summed E-state index contributed by atoms with van der Waals surface area (Å²) in [5, 5.41) is 4.01. The Kier molecular flexibility index (Phi) is 5.86. The Hall–Kier alpha value is -3.15. The summed E-state index contributed by atoms with van der Waals surface area (Å²) in [6.07, 6.45) is 0.0485. The van der Waals surface area contributed by atoms with Crippen LogP contribution in [0.4, 0.5) is 0 Å². The fraction of sp³-hybridized carbons (Fsp3) is 0.286. The van der Waals surface area contributed by atoms with Gasteiger partial charge >= 0.3 is 0 Å². The van der Waals surface area contributed by atoms with Gasteiger partial charge in [-0.3, -0.25) is 4.79 Å². The van der Waals surface area contributed by atoms with Crippen LogP contribution in [0.15, 0.2) is 59.1 Å². The number of carbonyl (C=O) groups is 1. The van der Waals surface area contributed by atoms with Crippen LogP contribution in [0.25, 0.3) is 11.4 Å². The molecule has 0 atom stereocenters. The molecule has 0 radical (unpaired) electrons.